The van der Waals surface area contributed by atoms with Crippen LogP contribution in [-0.4, -0.2) is 14.7 Å². The first-order valence-corrected chi connectivity index (χ1v) is 4.46. The summed E-state index contributed by atoms with van der Waals surface area (Å²) in [5.41, 5.74) is 0. The maximum atomic E-state index is 10.4. The quantitative estimate of drug-likeness (QED) is 0.354. The van der Waals surface area contributed by atoms with E-state index in [9.17, 15) is 8.42 Å². The van der Waals surface area contributed by atoms with E-state index in [1.54, 1.807) is 6.92 Å². The molecule has 0 heterocycles. The third-order valence-corrected chi connectivity index (χ3v) is 1.20. The molecule has 0 saturated carbocycles. The third kappa shape index (κ3) is 5.37. The Bertz CT molecular complexity index is 236. The predicted octanol–water partition coefficient (Wildman–Crippen LogP) is 1.05. The summed E-state index contributed by atoms with van der Waals surface area (Å²) in [6, 6.07) is 0. The van der Waals surface area contributed by atoms with Gasteiger partial charge in [-0.2, -0.15) is 8.42 Å². The molecule has 0 bridgehead atoms. The van der Waals surface area contributed by atoms with Gasteiger partial charge < -0.3 is 4.18 Å². The fourth-order valence-electron chi connectivity index (χ4n) is 0.433. The second-order valence-corrected chi connectivity index (χ2v) is 3.38. The van der Waals surface area contributed by atoms with Crippen molar-refractivity contribution < 1.29 is 12.6 Å². The molecular formula is C6H10O3S. The van der Waals surface area contributed by atoms with Crippen LogP contribution in [0.15, 0.2) is 24.5 Å². The van der Waals surface area contributed by atoms with Gasteiger partial charge in [-0.25, -0.2) is 0 Å². The van der Waals surface area contributed by atoms with Gasteiger partial charge >= 0.3 is 10.1 Å². The molecule has 0 fully saturated rings. The third-order valence-electron chi connectivity index (χ3n) is 0.635. The Kier molecular flexibility index (Phi) is 3.15. The van der Waals surface area contributed by atoms with Crippen LogP contribution in [0.2, 0.25) is 0 Å². The van der Waals surface area contributed by atoms with Crippen LogP contribution in [0, 0.1) is 0 Å². The lowest BCUT2D eigenvalue weighted by Crippen LogP contribution is -1.99. The second-order valence-electron chi connectivity index (χ2n) is 1.80. The summed E-state index contributed by atoms with van der Waals surface area (Å²) in [5.74, 6) is 0.317. The molecule has 3 nitrogen and oxygen atoms in total. The van der Waals surface area contributed by atoms with Crippen LogP contribution in [0.4, 0.5) is 0 Å². The highest BCUT2D eigenvalue weighted by Gasteiger charge is 2.00. The topological polar surface area (TPSA) is 43.4 Å². The predicted molar refractivity (Wildman–Crippen MR) is 39.9 cm³/mol. The summed E-state index contributed by atoms with van der Waals surface area (Å²) in [7, 11) is -3.36. The van der Waals surface area contributed by atoms with Gasteiger partial charge in [0, 0.05) is 0 Å². The van der Waals surface area contributed by atoms with E-state index >= 15 is 0 Å². The van der Waals surface area contributed by atoms with Crippen molar-refractivity contribution in [2.45, 2.75) is 6.92 Å². The minimum atomic E-state index is -3.36. The zero-order valence-corrected chi connectivity index (χ0v) is 6.81. The number of hydrogen-bond donors (Lipinski definition) is 0. The molecule has 0 aliphatic carbocycles. The lowest BCUT2D eigenvalue weighted by Gasteiger charge is -1.99. The van der Waals surface area contributed by atoms with Gasteiger partial charge in [-0.1, -0.05) is 12.7 Å². The summed E-state index contributed by atoms with van der Waals surface area (Å²) < 4.78 is 25.3. The van der Waals surface area contributed by atoms with Gasteiger partial charge in [0.2, 0.25) is 0 Å². The molecule has 0 aliphatic rings. The minimum Gasteiger partial charge on any atom is -0.387 e. The molecule has 0 N–H and O–H groups in total. The van der Waals surface area contributed by atoms with Gasteiger partial charge in [-0.15, -0.1) is 0 Å². The van der Waals surface area contributed by atoms with Crippen molar-refractivity contribution in [3.63, 3.8) is 0 Å². The molecule has 0 aromatic heterocycles. The van der Waals surface area contributed by atoms with E-state index < -0.39 is 10.1 Å². The van der Waals surface area contributed by atoms with Crippen LogP contribution in [0.1, 0.15) is 6.92 Å². The van der Waals surface area contributed by atoms with Crippen LogP contribution in [0.5, 0.6) is 0 Å². The normalized spacial score (nSPS) is 12.8. The van der Waals surface area contributed by atoms with Crippen LogP contribution in [0.3, 0.4) is 0 Å². The van der Waals surface area contributed by atoms with E-state index in [1.165, 1.54) is 12.2 Å². The van der Waals surface area contributed by atoms with Crippen LogP contribution >= 0.6 is 0 Å². The number of allylic oxidation sites excluding steroid dienone is 3. The smallest absolute Gasteiger partial charge is 0.305 e. The zero-order chi connectivity index (χ0) is 8.20. The zero-order valence-electron chi connectivity index (χ0n) is 5.99. The molecule has 0 spiro atoms. The monoisotopic (exact) mass is 162 g/mol. The highest BCUT2D eigenvalue weighted by atomic mass is 32.2. The van der Waals surface area contributed by atoms with E-state index in [1.807, 2.05) is 0 Å². The molecule has 0 saturated heterocycles. The van der Waals surface area contributed by atoms with E-state index in [0.717, 1.165) is 6.26 Å². The second kappa shape index (κ2) is 3.41. The minimum absolute atomic E-state index is 0.317. The molecule has 0 atom stereocenters. The van der Waals surface area contributed by atoms with Crippen LogP contribution in [0.25, 0.3) is 0 Å². The highest BCUT2D eigenvalue weighted by Crippen LogP contribution is 1.99. The van der Waals surface area contributed by atoms with Gasteiger partial charge in [0.05, 0.1) is 6.26 Å². The summed E-state index contributed by atoms with van der Waals surface area (Å²) in [6.07, 6.45) is 3.93. The largest absolute Gasteiger partial charge is 0.387 e. The molecule has 0 rings (SSSR count). The Labute approximate surface area is 61.1 Å². The van der Waals surface area contributed by atoms with Crippen molar-refractivity contribution in [3.05, 3.63) is 24.5 Å². The molecule has 10 heavy (non-hydrogen) atoms. The van der Waals surface area contributed by atoms with Crippen LogP contribution in [-0.2, 0) is 14.3 Å². The Balaban J connectivity index is 4.18. The highest BCUT2D eigenvalue weighted by molar-refractivity contribution is 7.86. The Morgan fingerprint density at radius 2 is 2.10 bits per heavy atom. The van der Waals surface area contributed by atoms with Crippen molar-refractivity contribution in [2.75, 3.05) is 6.26 Å². The first-order valence-electron chi connectivity index (χ1n) is 2.64. The van der Waals surface area contributed by atoms with Crippen molar-refractivity contribution in [2.24, 2.45) is 0 Å². The summed E-state index contributed by atoms with van der Waals surface area (Å²) in [4.78, 5) is 0. The molecule has 4 heteroatoms. The van der Waals surface area contributed by atoms with Crippen molar-refractivity contribution >= 4 is 10.1 Å². The van der Waals surface area contributed by atoms with Crippen molar-refractivity contribution in [1.82, 2.24) is 0 Å². The van der Waals surface area contributed by atoms with Gasteiger partial charge in [-0.3, -0.25) is 0 Å². The van der Waals surface area contributed by atoms with E-state index in [0.29, 0.717) is 5.76 Å². The fraction of sp³-hybridized carbons (Fsp3) is 0.333. The molecule has 58 valence electrons. The van der Waals surface area contributed by atoms with Gasteiger partial charge in [0.1, 0.15) is 5.76 Å². The Morgan fingerprint density at radius 3 is 2.40 bits per heavy atom. The summed E-state index contributed by atoms with van der Waals surface area (Å²) in [5, 5.41) is 0. The summed E-state index contributed by atoms with van der Waals surface area (Å²) >= 11 is 0. The van der Waals surface area contributed by atoms with Crippen molar-refractivity contribution in [3.8, 4) is 0 Å². The molecule has 0 aromatic rings. The average Bonchev–Trinajstić information content (AvgIpc) is 1.59. The molecule has 0 aromatic carbocycles. The van der Waals surface area contributed by atoms with E-state index in [2.05, 4.69) is 10.8 Å². The van der Waals surface area contributed by atoms with Gasteiger partial charge in [0.15, 0.2) is 0 Å². The molecule has 0 unspecified atom stereocenters. The number of rotatable bonds is 3. The standard InChI is InChI=1S/C6H10O3S/c1-4-5-6(2)9-10(3,7)8/h4-5H,1H2,2-3H3/b6-5+. The SMILES string of the molecule is C=C/C=C(\C)OS(C)(=O)=O. The molecular weight excluding hydrogens is 152 g/mol. The maximum absolute atomic E-state index is 10.4. The first-order chi connectivity index (χ1) is 4.45. The molecule has 0 amide bonds. The van der Waals surface area contributed by atoms with Gasteiger partial charge in [0.25, 0.3) is 0 Å². The van der Waals surface area contributed by atoms with E-state index in [-0.39, 0.29) is 0 Å². The van der Waals surface area contributed by atoms with E-state index in [4.69, 9.17) is 0 Å². The van der Waals surface area contributed by atoms with Crippen molar-refractivity contribution in [1.29, 1.82) is 0 Å². The van der Waals surface area contributed by atoms with Gasteiger partial charge in [-0.05, 0) is 13.0 Å². The maximum Gasteiger partial charge on any atom is 0.305 e. The Hall–Kier alpha value is -0.770. The molecule has 0 aliphatic heterocycles. The molecule has 0 radical (unpaired) electrons. The number of hydrogen-bond acceptors (Lipinski definition) is 3. The lowest BCUT2D eigenvalue weighted by atomic mass is 10.5. The first kappa shape index (κ1) is 9.23. The van der Waals surface area contributed by atoms with Crippen LogP contribution < -0.4 is 0 Å². The summed E-state index contributed by atoms with van der Waals surface area (Å²) in [6.45, 7) is 4.92. The fourth-order valence-corrected chi connectivity index (χ4v) is 0.966. The average molecular weight is 162 g/mol. The Morgan fingerprint density at radius 1 is 1.60 bits per heavy atom. The lowest BCUT2D eigenvalue weighted by molar-refractivity contribution is 0.414.